The summed E-state index contributed by atoms with van der Waals surface area (Å²) >= 11 is 3.30. The second-order valence-electron chi connectivity index (χ2n) is 5.45. The van der Waals surface area contributed by atoms with Crippen LogP contribution in [-0.4, -0.2) is 35.6 Å². The second kappa shape index (κ2) is 6.81. The molecule has 0 unspecified atom stereocenters. The van der Waals surface area contributed by atoms with Crippen LogP contribution in [-0.2, 0) is 24.2 Å². The number of anilines is 1. The molecule has 0 bridgehead atoms. The van der Waals surface area contributed by atoms with Crippen LogP contribution in [0.25, 0.3) is 0 Å². The van der Waals surface area contributed by atoms with Gasteiger partial charge in [0.05, 0.1) is 12.1 Å². The molecule has 3 rings (SSSR count). The van der Waals surface area contributed by atoms with Crippen molar-refractivity contribution in [2.75, 3.05) is 25.2 Å². The molecule has 0 radical (unpaired) electrons. The molecule has 0 spiro atoms. The number of nitrogens with one attached hydrogen (secondary N) is 1. The molecule has 1 aliphatic rings. The van der Waals surface area contributed by atoms with E-state index in [1.165, 1.54) is 9.77 Å². The molecule has 2 heterocycles. The zero-order valence-electron chi connectivity index (χ0n) is 12.8. The third-order valence-electron chi connectivity index (χ3n) is 3.69. The minimum absolute atomic E-state index is 0.00338. The maximum atomic E-state index is 12.2. The van der Waals surface area contributed by atoms with Crippen molar-refractivity contribution in [3.63, 3.8) is 0 Å². The molecule has 2 aromatic rings. The summed E-state index contributed by atoms with van der Waals surface area (Å²) in [4.78, 5) is 21.5. The predicted molar refractivity (Wildman–Crippen MR) is 92.7 cm³/mol. The van der Waals surface area contributed by atoms with Gasteiger partial charge < -0.3 is 10.2 Å². The normalized spacial score (nSPS) is 14.6. The Bertz CT molecular complexity index is 667. The molecule has 4 nitrogen and oxygen atoms in total. The number of hydrogen-bond acceptors (Lipinski definition) is 5. The van der Waals surface area contributed by atoms with E-state index < -0.39 is 0 Å². The number of carbonyl (C=O) groups excluding carboxylic acids is 1. The highest BCUT2D eigenvalue weighted by atomic mass is 32.2. The Morgan fingerprint density at radius 1 is 1.41 bits per heavy atom. The van der Waals surface area contributed by atoms with Crippen molar-refractivity contribution in [1.29, 1.82) is 0 Å². The van der Waals surface area contributed by atoms with Gasteiger partial charge in [0.25, 0.3) is 0 Å². The van der Waals surface area contributed by atoms with Crippen molar-refractivity contribution in [2.24, 2.45) is 0 Å². The molecule has 0 atom stereocenters. The van der Waals surface area contributed by atoms with Gasteiger partial charge in [-0.05, 0) is 31.0 Å². The topological polar surface area (TPSA) is 45.2 Å². The zero-order chi connectivity index (χ0) is 15.5. The minimum atomic E-state index is -0.00338. The van der Waals surface area contributed by atoms with E-state index >= 15 is 0 Å². The van der Waals surface area contributed by atoms with E-state index in [1.807, 2.05) is 30.5 Å². The number of nitrogens with zero attached hydrogens (tertiary/aromatic N) is 2. The van der Waals surface area contributed by atoms with Gasteiger partial charge in [0.2, 0.25) is 5.91 Å². The van der Waals surface area contributed by atoms with E-state index in [0.29, 0.717) is 6.42 Å². The van der Waals surface area contributed by atoms with Gasteiger partial charge in [0, 0.05) is 29.3 Å². The molecule has 1 amide bonds. The number of likely N-dealkylation sites (N-methyl/N-ethyl adjacent to an activating group) is 1. The summed E-state index contributed by atoms with van der Waals surface area (Å²) in [5, 5.41) is 3.66. The first kappa shape index (κ1) is 15.5. The number of carbonyl (C=O) groups is 1. The van der Waals surface area contributed by atoms with Crippen LogP contribution in [0.15, 0.2) is 29.2 Å². The number of thioether (sulfide) groups is 1. The third kappa shape index (κ3) is 3.69. The van der Waals surface area contributed by atoms with Gasteiger partial charge in [-0.3, -0.25) is 4.79 Å². The van der Waals surface area contributed by atoms with Gasteiger partial charge in [-0.15, -0.1) is 23.1 Å². The first-order valence-corrected chi connectivity index (χ1v) is 9.28. The maximum Gasteiger partial charge on any atom is 0.230 e. The molecule has 22 heavy (non-hydrogen) atoms. The molecule has 1 aromatic heterocycles. The molecule has 0 saturated heterocycles. The van der Waals surface area contributed by atoms with Gasteiger partial charge >= 0.3 is 0 Å². The Morgan fingerprint density at radius 3 is 2.91 bits per heavy atom. The molecule has 0 aliphatic carbocycles. The van der Waals surface area contributed by atoms with Crippen molar-refractivity contribution in [1.82, 2.24) is 9.88 Å². The first-order chi connectivity index (χ1) is 10.6. The number of thiazole rings is 1. The average molecular weight is 333 g/mol. The van der Waals surface area contributed by atoms with Gasteiger partial charge in [-0.1, -0.05) is 12.1 Å². The highest BCUT2D eigenvalue weighted by Gasteiger charge is 2.19. The summed E-state index contributed by atoms with van der Waals surface area (Å²) in [7, 11) is 2.11. The molecule has 6 heteroatoms. The number of benzene rings is 1. The minimum Gasteiger partial charge on any atom is -0.302 e. The van der Waals surface area contributed by atoms with Gasteiger partial charge in [0.1, 0.15) is 0 Å². The van der Waals surface area contributed by atoms with E-state index in [2.05, 4.69) is 22.2 Å². The molecular formula is C16H19N3OS2. The summed E-state index contributed by atoms with van der Waals surface area (Å²) < 4.78 is 0. The second-order valence-corrected chi connectivity index (χ2v) is 7.41. The lowest BCUT2D eigenvalue weighted by atomic mass is 10.1. The van der Waals surface area contributed by atoms with Crippen LogP contribution in [0.1, 0.15) is 16.1 Å². The van der Waals surface area contributed by atoms with E-state index in [9.17, 15) is 4.79 Å². The average Bonchev–Trinajstić information content (AvgIpc) is 2.89. The Labute approximate surface area is 138 Å². The Kier molecular flexibility index (Phi) is 4.81. The number of rotatable bonds is 4. The van der Waals surface area contributed by atoms with Gasteiger partial charge in [-0.2, -0.15) is 0 Å². The van der Waals surface area contributed by atoms with Crippen molar-refractivity contribution in [3.05, 3.63) is 40.4 Å². The fourth-order valence-corrected chi connectivity index (χ4v) is 3.98. The lowest BCUT2D eigenvalue weighted by molar-refractivity contribution is -0.115. The molecule has 1 N–H and O–H groups in total. The van der Waals surface area contributed by atoms with E-state index in [0.717, 1.165) is 35.9 Å². The SMILES string of the molecule is CSc1ccc(CC(=O)Nc2nc3c(s2)CN(C)CC3)cc1. The monoisotopic (exact) mass is 333 g/mol. The number of amides is 1. The van der Waals surface area contributed by atoms with Crippen LogP contribution < -0.4 is 5.32 Å². The highest BCUT2D eigenvalue weighted by Crippen LogP contribution is 2.27. The van der Waals surface area contributed by atoms with E-state index in [4.69, 9.17) is 0 Å². The molecule has 116 valence electrons. The van der Waals surface area contributed by atoms with Crippen molar-refractivity contribution in [2.45, 2.75) is 24.3 Å². The number of fused-ring (bicyclic) bond motifs is 1. The van der Waals surface area contributed by atoms with Crippen LogP contribution in [0.3, 0.4) is 0 Å². The van der Waals surface area contributed by atoms with Gasteiger partial charge in [-0.25, -0.2) is 4.98 Å². The van der Waals surface area contributed by atoms with Crippen molar-refractivity contribution in [3.8, 4) is 0 Å². The Balaban J connectivity index is 1.61. The van der Waals surface area contributed by atoms with Crippen LogP contribution in [0.5, 0.6) is 0 Å². The predicted octanol–water partition coefficient (Wildman–Crippen LogP) is 3.03. The summed E-state index contributed by atoms with van der Waals surface area (Å²) in [5.74, 6) is -0.00338. The largest absolute Gasteiger partial charge is 0.302 e. The van der Waals surface area contributed by atoms with Crippen LogP contribution >= 0.6 is 23.1 Å². The number of aromatic nitrogens is 1. The fourth-order valence-electron chi connectivity index (χ4n) is 2.47. The van der Waals surface area contributed by atoms with Crippen LogP contribution in [0, 0.1) is 0 Å². The first-order valence-electron chi connectivity index (χ1n) is 7.24. The summed E-state index contributed by atoms with van der Waals surface area (Å²) in [6, 6.07) is 8.11. The van der Waals surface area contributed by atoms with E-state index in [1.54, 1.807) is 23.1 Å². The Morgan fingerprint density at radius 2 is 2.18 bits per heavy atom. The summed E-state index contributed by atoms with van der Waals surface area (Å²) in [6.45, 7) is 1.96. The quantitative estimate of drug-likeness (QED) is 0.874. The molecule has 0 fully saturated rings. The Hall–Kier alpha value is -1.37. The van der Waals surface area contributed by atoms with Crippen molar-refractivity contribution >= 4 is 34.1 Å². The molecule has 1 aliphatic heterocycles. The summed E-state index contributed by atoms with van der Waals surface area (Å²) in [6.07, 6.45) is 3.40. The maximum absolute atomic E-state index is 12.2. The fraction of sp³-hybridized carbons (Fsp3) is 0.375. The third-order valence-corrected chi connectivity index (χ3v) is 5.43. The smallest absolute Gasteiger partial charge is 0.230 e. The zero-order valence-corrected chi connectivity index (χ0v) is 14.4. The van der Waals surface area contributed by atoms with Crippen LogP contribution in [0.2, 0.25) is 0 Å². The molecule has 1 aromatic carbocycles. The van der Waals surface area contributed by atoms with E-state index in [-0.39, 0.29) is 5.91 Å². The highest BCUT2D eigenvalue weighted by molar-refractivity contribution is 7.98. The number of hydrogen-bond donors (Lipinski definition) is 1. The standard InChI is InChI=1S/C16H19N3OS2/c1-19-8-7-13-14(10-19)22-16(17-13)18-15(20)9-11-3-5-12(21-2)6-4-11/h3-6H,7-10H2,1-2H3,(H,17,18,20). The lowest BCUT2D eigenvalue weighted by Gasteiger charge is -2.20. The molecular weight excluding hydrogens is 314 g/mol. The van der Waals surface area contributed by atoms with Crippen LogP contribution in [0.4, 0.5) is 5.13 Å². The lowest BCUT2D eigenvalue weighted by Crippen LogP contribution is -2.25. The molecule has 0 saturated carbocycles. The van der Waals surface area contributed by atoms with Crippen molar-refractivity contribution < 1.29 is 4.79 Å². The summed E-state index contributed by atoms with van der Waals surface area (Å²) in [5.41, 5.74) is 2.17. The van der Waals surface area contributed by atoms with Gasteiger partial charge in [0.15, 0.2) is 5.13 Å².